The van der Waals surface area contributed by atoms with E-state index in [1.807, 2.05) is 0 Å². The molecule has 7 nitrogen and oxygen atoms in total. The van der Waals surface area contributed by atoms with E-state index in [1.54, 1.807) is 0 Å². The van der Waals surface area contributed by atoms with E-state index in [1.165, 1.54) is 0 Å². The zero-order valence-electron chi connectivity index (χ0n) is 24.0. The molecule has 0 fully saturated rings. The largest absolute Gasteiger partial charge is 0.435 e. The number of benzene rings is 2. The van der Waals surface area contributed by atoms with Crippen molar-refractivity contribution in [2.45, 2.75) is 69.6 Å². The average Bonchev–Trinajstić information content (AvgIpc) is 3.65. The molecule has 0 saturated heterocycles. The second kappa shape index (κ2) is 14.2. The van der Waals surface area contributed by atoms with Crippen LogP contribution in [0.5, 0.6) is 0 Å². The van der Waals surface area contributed by atoms with Gasteiger partial charge in [0.1, 0.15) is 5.82 Å². The van der Waals surface area contributed by atoms with Crippen LogP contribution in [0.15, 0.2) is 35.5 Å². The normalized spacial score (nSPS) is 18.6. The number of anilines is 1. The quantitative estimate of drug-likeness (QED) is 0.111. The Kier molecular flexibility index (Phi) is 11.0. The Hall–Kier alpha value is -3.81. The second-order valence-electron chi connectivity index (χ2n) is 10.3. The minimum absolute atomic E-state index is 0.153. The predicted molar refractivity (Wildman–Crippen MR) is 146 cm³/mol. The fourth-order valence-electron chi connectivity index (χ4n) is 4.64. The highest BCUT2D eigenvalue weighted by atomic mass is 35.5. The zero-order chi connectivity index (χ0) is 36.7. The van der Waals surface area contributed by atoms with Gasteiger partial charge < -0.3 is 4.84 Å². The first-order chi connectivity index (χ1) is 22.7. The Labute approximate surface area is 276 Å². The van der Waals surface area contributed by atoms with Crippen LogP contribution in [0.3, 0.4) is 0 Å². The smallest absolute Gasteiger partial charge is 0.374 e. The van der Waals surface area contributed by atoms with Crippen molar-refractivity contribution in [1.29, 1.82) is 0 Å². The fourth-order valence-corrected chi connectivity index (χ4v) is 5.13. The lowest BCUT2D eigenvalue weighted by atomic mass is 9.86. The van der Waals surface area contributed by atoms with Gasteiger partial charge in [0.15, 0.2) is 12.0 Å². The van der Waals surface area contributed by atoms with Gasteiger partial charge in [0.25, 0.3) is 43.0 Å². The number of amides is 1. The van der Waals surface area contributed by atoms with E-state index >= 15 is 0 Å². The highest BCUT2D eigenvalue weighted by Gasteiger charge is 2.62. The molecule has 22 heteroatoms. The third-order valence-corrected chi connectivity index (χ3v) is 7.65. The first-order valence-corrected chi connectivity index (χ1v) is 14.1. The van der Waals surface area contributed by atoms with Gasteiger partial charge in [0.2, 0.25) is 6.30 Å². The van der Waals surface area contributed by atoms with Gasteiger partial charge >= 0.3 is 6.18 Å². The van der Waals surface area contributed by atoms with Crippen molar-refractivity contribution in [2.24, 2.45) is 5.16 Å². The first kappa shape index (κ1) is 38.0. The molecule has 1 aliphatic heterocycles. The lowest BCUT2D eigenvalue weighted by molar-refractivity contribution is -0.275. The van der Waals surface area contributed by atoms with Gasteiger partial charge in [-0.05, 0) is 42.3 Å². The summed E-state index contributed by atoms with van der Waals surface area (Å²) in [5.41, 5.74) is -5.42. The molecule has 0 radical (unpaired) electrons. The molecule has 2 heterocycles. The number of carbonyl (C=O) groups excluding carboxylic acids is 1. The van der Waals surface area contributed by atoms with Crippen LogP contribution in [-0.2, 0) is 16.9 Å². The minimum Gasteiger partial charge on any atom is -0.374 e. The van der Waals surface area contributed by atoms with Crippen LogP contribution in [-0.4, -0.2) is 64.3 Å². The van der Waals surface area contributed by atoms with Crippen molar-refractivity contribution >= 4 is 40.8 Å². The number of carbonyl (C=O) groups is 1. The molecule has 1 aliphatic rings. The van der Waals surface area contributed by atoms with E-state index in [4.69, 9.17) is 28.0 Å². The van der Waals surface area contributed by atoms with Crippen molar-refractivity contribution < 1.29 is 66.7 Å². The van der Waals surface area contributed by atoms with Gasteiger partial charge in [-0.15, -0.1) is 5.10 Å². The number of hydrogen-bond acceptors (Lipinski definition) is 5. The molecule has 1 aromatic heterocycles. The number of aryl methyl sites for hydroxylation is 1. The molecule has 2 aromatic carbocycles. The molecule has 0 N–H and O–H groups in total. The molecule has 0 aliphatic carbocycles. The summed E-state index contributed by atoms with van der Waals surface area (Å²) in [6.07, 6.45) is -29.9. The number of alkyl halides is 12. The van der Waals surface area contributed by atoms with Crippen LogP contribution in [0.1, 0.15) is 45.6 Å². The standard InChI is InChI=1S/C27H18Cl2F13N5O2/c1-9-4-10(16-8-26(49-45-16,27(40,41)42)11-5-13(28)18(31)14(29)6-11)2-3-12(9)24(48)46(22(38)20(34)35)25-43-17(7-15(30)19(32)33)47(44-25)23(39)21(36)37/h2-6,15,19-23H,7-8H2,1H3. The molecule has 4 rings (SSSR count). The summed E-state index contributed by atoms with van der Waals surface area (Å²) in [5, 5.41) is 5.02. The molecule has 3 aromatic rings. The Morgan fingerprint density at radius 1 is 0.980 bits per heavy atom. The Balaban J connectivity index is 1.72. The lowest BCUT2D eigenvalue weighted by Crippen LogP contribution is -2.43. The van der Waals surface area contributed by atoms with Crippen LogP contribution in [0.4, 0.5) is 63.0 Å². The third kappa shape index (κ3) is 7.39. The number of hydrogen-bond donors (Lipinski definition) is 0. The number of halogens is 15. The monoisotopic (exact) mass is 761 g/mol. The Bertz CT molecular complexity index is 1720. The molecular weight excluding hydrogens is 744 g/mol. The zero-order valence-corrected chi connectivity index (χ0v) is 25.5. The molecule has 0 bridgehead atoms. The van der Waals surface area contributed by atoms with Gasteiger partial charge in [-0.3, -0.25) is 4.79 Å². The second-order valence-corrected chi connectivity index (χ2v) is 11.1. The maximum absolute atomic E-state index is 14.8. The number of rotatable bonds is 11. The van der Waals surface area contributed by atoms with Crippen LogP contribution in [0.2, 0.25) is 10.0 Å². The van der Waals surface area contributed by atoms with E-state index in [0.29, 0.717) is 12.1 Å². The van der Waals surface area contributed by atoms with Crippen LogP contribution in [0.25, 0.3) is 0 Å². The van der Waals surface area contributed by atoms with Crippen LogP contribution in [0, 0.1) is 12.7 Å². The average molecular weight is 762 g/mol. The lowest BCUT2D eigenvalue weighted by Gasteiger charge is -2.29. The predicted octanol–water partition coefficient (Wildman–Crippen LogP) is 8.70. The van der Waals surface area contributed by atoms with E-state index in [0.717, 1.165) is 25.1 Å². The van der Waals surface area contributed by atoms with E-state index in [9.17, 15) is 61.9 Å². The summed E-state index contributed by atoms with van der Waals surface area (Å²) in [6.45, 7) is 1.11. The topological polar surface area (TPSA) is 72.6 Å². The summed E-state index contributed by atoms with van der Waals surface area (Å²) in [6, 6.07) is 4.00. The molecule has 1 amide bonds. The SMILES string of the molecule is Cc1cc(C2=NOC(c3cc(Cl)c(F)c(Cl)c3)(C(F)(F)F)C2)ccc1C(=O)N(c1nc(CC(F)C(F)F)n(C(F)C(F)F)n1)C(F)C(F)F. The number of aromatic nitrogens is 3. The molecule has 4 unspecified atom stereocenters. The minimum atomic E-state index is -5.20. The molecular formula is C27H18Cl2F13N5O2. The van der Waals surface area contributed by atoms with Gasteiger partial charge in [-0.25, -0.2) is 53.5 Å². The molecule has 0 spiro atoms. The fraction of sp³-hybridized carbons (Fsp3) is 0.407. The van der Waals surface area contributed by atoms with Crippen LogP contribution >= 0.6 is 23.2 Å². The van der Waals surface area contributed by atoms with Crippen LogP contribution < -0.4 is 4.90 Å². The number of nitrogens with zero attached hydrogens (tertiary/aromatic N) is 5. The van der Waals surface area contributed by atoms with E-state index in [2.05, 4.69) is 15.2 Å². The van der Waals surface area contributed by atoms with Gasteiger partial charge in [0, 0.05) is 24.0 Å². The summed E-state index contributed by atoms with van der Waals surface area (Å²) in [4.78, 5) is 20.9. The van der Waals surface area contributed by atoms with Crippen molar-refractivity contribution in [3.63, 3.8) is 0 Å². The van der Waals surface area contributed by atoms with Crippen molar-refractivity contribution in [3.05, 3.63) is 74.3 Å². The van der Waals surface area contributed by atoms with Gasteiger partial charge in [-0.1, -0.05) is 34.4 Å². The molecule has 4 atom stereocenters. The third-order valence-electron chi connectivity index (χ3n) is 7.10. The van der Waals surface area contributed by atoms with E-state index in [-0.39, 0.29) is 11.1 Å². The summed E-state index contributed by atoms with van der Waals surface area (Å²) in [5.74, 6) is -5.77. The molecule has 49 heavy (non-hydrogen) atoms. The maximum Gasteiger partial charge on any atom is 0.435 e. The summed E-state index contributed by atoms with van der Waals surface area (Å²) >= 11 is 11.4. The maximum atomic E-state index is 14.8. The van der Waals surface area contributed by atoms with Crippen molar-refractivity contribution in [1.82, 2.24) is 14.8 Å². The summed E-state index contributed by atoms with van der Waals surface area (Å²) < 4.78 is 178. The van der Waals surface area contributed by atoms with Crippen molar-refractivity contribution in [2.75, 3.05) is 4.90 Å². The Morgan fingerprint density at radius 3 is 2.10 bits per heavy atom. The van der Waals surface area contributed by atoms with Crippen molar-refractivity contribution in [3.8, 4) is 0 Å². The Morgan fingerprint density at radius 2 is 1.59 bits per heavy atom. The van der Waals surface area contributed by atoms with Gasteiger partial charge in [-0.2, -0.15) is 18.2 Å². The number of oxime groups is 1. The molecule has 0 saturated carbocycles. The van der Waals surface area contributed by atoms with Gasteiger partial charge in [0.05, 0.1) is 15.8 Å². The highest BCUT2D eigenvalue weighted by molar-refractivity contribution is 6.35. The highest BCUT2D eigenvalue weighted by Crippen LogP contribution is 2.50. The van der Waals surface area contributed by atoms with E-state index < -0.39 is 123 Å². The molecule has 268 valence electrons. The summed E-state index contributed by atoms with van der Waals surface area (Å²) in [7, 11) is 0. The first-order valence-electron chi connectivity index (χ1n) is 13.3.